The zero-order valence-corrected chi connectivity index (χ0v) is 12.2. The SMILES string of the molecule is CCCNCC(C)C(C)c1cccc2ccncc12. The highest BCUT2D eigenvalue weighted by Gasteiger charge is 2.16. The molecule has 0 spiro atoms. The van der Waals surface area contributed by atoms with Gasteiger partial charge in [0.05, 0.1) is 0 Å². The Balaban J connectivity index is 2.18. The van der Waals surface area contributed by atoms with Crippen LogP contribution in [0.25, 0.3) is 10.8 Å². The van der Waals surface area contributed by atoms with E-state index in [0.29, 0.717) is 11.8 Å². The molecule has 2 atom stereocenters. The van der Waals surface area contributed by atoms with Crippen LogP contribution in [0.1, 0.15) is 38.7 Å². The van der Waals surface area contributed by atoms with Gasteiger partial charge in [-0.15, -0.1) is 0 Å². The summed E-state index contributed by atoms with van der Waals surface area (Å²) in [5.74, 6) is 1.16. The van der Waals surface area contributed by atoms with E-state index in [1.54, 1.807) is 0 Å². The van der Waals surface area contributed by atoms with Crippen LogP contribution in [0.2, 0.25) is 0 Å². The van der Waals surface area contributed by atoms with Crippen LogP contribution >= 0.6 is 0 Å². The number of benzene rings is 1. The lowest BCUT2D eigenvalue weighted by Crippen LogP contribution is -2.25. The molecule has 0 saturated heterocycles. The number of aromatic nitrogens is 1. The Hall–Kier alpha value is -1.41. The van der Waals surface area contributed by atoms with Gasteiger partial charge in [-0.2, -0.15) is 0 Å². The second kappa shape index (κ2) is 6.67. The average Bonchev–Trinajstić information content (AvgIpc) is 2.46. The lowest BCUT2D eigenvalue weighted by molar-refractivity contribution is 0.450. The summed E-state index contributed by atoms with van der Waals surface area (Å²) in [5.41, 5.74) is 1.41. The summed E-state index contributed by atoms with van der Waals surface area (Å²) >= 11 is 0. The van der Waals surface area contributed by atoms with Gasteiger partial charge < -0.3 is 5.32 Å². The number of nitrogens with one attached hydrogen (secondary N) is 1. The molecule has 1 heterocycles. The van der Waals surface area contributed by atoms with Gasteiger partial charge in [-0.25, -0.2) is 0 Å². The normalized spacial score (nSPS) is 14.5. The number of hydrogen-bond acceptors (Lipinski definition) is 2. The summed E-state index contributed by atoms with van der Waals surface area (Å²) in [6.07, 6.45) is 5.05. The number of hydrogen-bond donors (Lipinski definition) is 1. The molecular weight excluding hydrogens is 232 g/mol. The summed E-state index contributed by atoms with van der Waals surface area (Å²) in [4.78, 5) is 4.28. The van der Waals surface area contributed by atoms with Crippen LogP contribution in [0.15, 0.2) is 36.7 Å². The fourth-order valence-electron chi connectivity index (χ4n) is 2.52. The topological polar surface area (TPSA) is 24.9 Å². The van der Waals surface area contributed by atoms with Crippen molar-refractivity contribution in [1.29, 1.82) is 0 Å². The molecule has 0 aliphatic heterocycles. The molecular formula is C17H24N2. The Morgan fingerprint density at radius 1 is 1.21 bits per heavy atom. The Bertz CT molecular complexity index is 516. The molecule has 0 radical (unpaired) electrons. The Morgan fingerprint density at radius 2 is 2.05 bits per heavy atom. The number of rotatable bonds is 6. The van der Waals surface area contributed by atoms with E-state index >= 15 is 0 Å². The van der Waals surface area contributed by atoms with Gasteiger partial charge in [-0.05, 0) is 48.4 Å². The summed E-state index contributed by atoms with van der Waals surface area (Å²) < 4.78 is 0. The van der Waals surface area contributed by atoms with Crippen molar-refractivity contribution in [3.63, 3.8) is 0 Å². The number of fused-ring (bicyclic) bond motifs is 1. The largest absolute Gasteiger partial charge is 0.316 e. The van der Waals surface area contributed by atoms with Crippen molar-refractivity contribution in [2.75, 3.05) is 13.1 Å². The fraction of sp³-hybridized carbons (Fsp3) is 0.471. The minimum Gasteiger partial charge on any atom is -0.316 e. The monoisotopic (exact) mass is 256 g/mol. The highest BCUT2D eigenvalue weighted by molar-refractivity contribution is 5.85. The number of pyridine rings is 1. The third-order valence-corrected chi connectivity index (χ3v) is 3.95. The van der Waals surface area contributed by atoms with E-state index in [2.05, 4.69) is 55.3 Å². The summed E-state index contributed by atoms with van der Waals surface area (Å²) in [5, 5.41) is 6.09. The molecule has 0 aliphatic rings. The first-order valence-electron chi connectivity index (χ1n) is 7.27. The molecule has 1 aromatic heterocycles. The molecule has 0 saturated carbocycles. The van der Waals surface area contributed by atoms with Crippen molar-refractivity contribution in [2.24, 2.45) is 5.92 Å². The third-order valence-electron chi connectivity index (χ3n) is 3.95. The van der Waals surface area contributed by atoms with Crippen LogP contribution in [0.3, 0.4) is 0 Å². The smallest absolute Gasteiger partial charge is 0.0349 e. The van der Waals surface area contributed by atoms with Crippen LogP contribution in [-0.4, -0.2) is 18.1 Å². The Kier molecular flexibility index (Phi) is 4.92. The summed E-state index contributed by atoms with van der Waals surface area (Å²) in [7, 11) is 0. The zero-order chi connectivity index (χ0) is 13.7. The molecule has 0 aliphatic carbocycles. The van der Waals surface area contributed by atoms with E-state index in [1.807, 2.05) is 12.4 Å². The molecule has 2 heteroatoms. The van der Waals surface area contributed by atoms with Gasteiger partial charge in [-0.1, -0.05) is 39.0 Å². The highest BCUT2D eigenvalue weighted by Crippen LogP contribution is 2.29. The predicted octanol–water partition coefficient (Wildman–Crippen LogP) is 3.97. The van der Waals surface area contributed by atoms with Crippen LogP contribution in [-0.2, 0) is 0 Å². The van der Waals surface area contributed by atoms with Gasteiger partial charge in [0, 0.05) is 17.8 Å². The third kappa shape index (κ3) is 3.32. The minimum atomic E-state index is 0.539. The second-order valence-electron chi connectivity index (χ2n) is 5.41. The lowest BCUT2D eigenvalue weighted by Gasteiger charge is -2.22. The number of nitrogens with zero attached hydrogens (tertiary/aromatic N) is 1. The van der Waals surface area contributed by atoms with Crippen molar-refractivity contribution in [1.82, 2.24) is 10.3 Å². The first-order chi connectivity index (χ1) is 9.24. The van der Waals surface area contributed by atoms with Gasteiger partial charge in [0.2, 0.25) is 0 Å². The Morgan fingerprint density at radius 3 is 2.84 bits per heavy atom. The maximum absolute atomic E-state index is 4.28. The van der Waals surface area contributed by atoms with E-state index in [1.165, 1.54) is 22.8 Å². The molecule has 2 rings (SSSR count). The van der Waals surface area contributed by atoms with Crippen LogP contribution < -0.4 is 5.32 Å². The average molecular weight is 256 g/mol. The highest BCUT2D eigenvalue weighted by atomic mass is 14.8. The first-order valence-corrected chi connectivity index (χ1v) is 7.27. The minimum absolute atomic E-state index is 0.539. The standard InChI is InChI=1S/C17H24N2/c1-4-9-18-11-13(2)14(3)16-7-5-6-15-8-10-19-12-17(15)16/h5-8,10,12-14,18H,4,9,11H2,1-3H3. The van der Waals surface area contributed by atoms with Crippen molar-refractivity contribution >= 4 is 10.8 Å². The van der Waals surface area contributed by atoms with Crippen molar-refractivity contribution in [2.45, 2.75) is 33.1 Å². The van der Waals surface area contributed by atoms with E-state index in [-0.39, 0.29) is 0 Å². The van der Waals surface area contributed by atoms with Crippen molar-refractivity contribution in [3.05, 3.63) is 42.2 Å². The molecule has 2 unspecified atom stereocenters. The molecule has 0 fully saturated rings. The molecule has 2 aromatic rings. The van der Waals surface area contributed by atoms with Crippen LogP contribution in [0, 0.1) is 5.92 Å². The molecule has 1 N–H and O–H groups in total. The van der Waals surface area contributed by atoms with Gasteiger partial charge in [0.25, 0.3) is 0 Å². The predicted molar refractivity (Wildman–Crippen MR) is 82.5 cm³/mol. The van der Waals surface area contributed by atoms with Crippen LogP contribution in [0.5, 0.6) is 0 Å². The molecule has 2 nitrogen and oxygen atoms in total. The molecule has 1 aromatic carbocycles. The van der Waals surface area contributed by atoms with Crippen molar-refractivity contribution < 1.29 is 0 Å². The van der Waals surface area contributed by atoms with Crippen LogP contribution in [0.4, 0.5) is 0 Å². The van der Waals surface area contributed by atoms with Crippen molar-refractivity contribution in [3.8, 4) is 0 Å². The lowest BCUT2D eigenvalue weighted by atomic mass is 9.86. The van der Waals surface area contributed by atoms with Gasteiger partial charge in [0.1, 0.15) is 0 Å². The second-order valence-corrected chi connectivity index (χ2v) is 5.41. The molecule has 0 amide bonds. The molecule has 0 bridgehead atoms. The Labute approximate surface area is 116 Å². The quantitative estimate of drug-likeness (QED) is 0.791. The van der Waals surface area contributed by atoms with Gasteiger partial charge in [0.15, 0.2) is 0 Å². The molecule has 19 heavy (non-hydrogen) atoms. The van der Waals surface area contributed by atoms with Gasteiger partial charge >= 0.3 is 0 Å². The van der Waals surface area contributed by atoms with E-state index in [9.17, 15) is 0 Å². The fourth-order valence-corrected chi connectivity index (χ4v) is 2.52. The maximum atomic E-state index is 4.28. The summed E-state index contributed by atoms with van der Waals surface area (Å²) in [6.45, 7) is 9.03. The summed E-state index contributed by atoms with van der Waals surface area (Å²) in [6, 6.07) is 8.64. The molecule has 102 valence electrons. The van der Waals surface area contributed by atoms with E-state index in [4.69, 9.17) is 0 Å². The zero-order valence-electron chi connectivity index (χ0n) is 12.2. The maximum Gasteiger partial charge on any atom is 0.0349 e. The van der Waals surface area contributed by atoms with Gasteiger partial charge in [-0.3, -0.25) is 4.98 Å². The first kappa shape index (κ1) is 14.0. The van der Waals surface area contributed by atoms with E-state index in [0.717, 1.165) is 13.1 Å². The van der Waals surface area contributed by atoms with E-state index < -0.39 is 0 Å².